The third kappa shape index (κ3) is 3.13. The second kappa shape index (κ2) is 6.76. The van der Waals surface area contributed by atoms with Crippen molar-refractivity contribution < 1.29 is 4.42 Å². The fraction of sp³-hybridized carbons (Fsp3) is 0.158. The molecule has 0 saturated heterocycles. The molecule has 0 aliphatic rings. The third-order valence-corrected chi connectivity index (χ3v) is 4.91. The minimum Gasteiger partial charge on any atom is -0.411 e. The maximum atomic E-state index is 12.3. The van der Waals surface area contributed by atoms with Crippen LogP contribution >= 0.6 is 11.8 Å². The molecule has 4 aromatic rings. The van der Waals surface area contributed by atoms with Crippen LogP contribution in [0, 0.1) is 13.8 Å². The molecule has 7 heteroatoms. The zero-order valence-corrected chi connectivity index (χ0v) is 15.2. The Morgan fingerprint density at radius 2 is 1.92 bits per heavy atom. The Balaban J connectivity index is 1.56. The second-order valence-electron chi connectivity index (χ2n) is 5.92. The van der Waals surface area contributed by atoms with Gasteiger partial charge in [-0.2, -0.15) is 0 Å². The van der Waals surface area contributed by atoms with Crippen molar-refractivity contribution in [2.24, 2.45) is 0 Å². The Labute approximate surface area is 153 Å². The highest BCUT2D eigenvalue weighted by Gasteiger charge is 2.12. The van der Waals surface area contributed by atoms with E-state index in [-0.39, 0.29) is 5.56 Å². The Morgan fingerprint density at radius 3 is 2.77 bits per heavy atom. The highest BCUT2D eigenvalue weighted by Crippen LogP contribution is 2.26. The van der Waals surface area contributed by atoms with E-state index in [1.165, 1.54) is 11.8 Å². The van der Waals surface area contributed by atoms with Crippen LogP contribution in [0.3, 0.4) is 0 Å². The van der Waals surface area contributed by atoms with E-state index in [0.717, 1.165) is 16.8 Å². The minimum absolute atomic E-state index is 0.0881. The predicted octanol–water partition coefficient (Wildman–Crippen LogP) is 3.65. The van der Waals surface area contributed by atoms with Crippen LogP contribution in [-0.4, -0.2) is 19.6 Å². The van der Waals surface area contributed by atoms with Gasteiger partial charge in [0.05, 0.1) is 5.69 Å². The predicted molar refractivity (Wildman–Crippen MR) is 100 cm³/mol. The highest BCUT2D eigenvalue weighted by molar-refractivity contribution is 7.98. The van der Waals surface area contributed by atoms with Gasteiger partial charge in [0.1, 0.15) is 5.65 Å². The summed E-state index contributed by atoms with van der Waals surface area (Å²) in [6.07, 6.45) is 0. The summed E-state index contributed by atoms with van der Waals surface area (Å²) in [6.45, 7) is 3.89. The molecule has 0 amide bonds. The number of fused-ring (bicyclic) bond motifs is 1. The molecule has 1 aromatic carbocycles. The first-order valence-electron chi connectivity index (χ1n) is 8.12. The van der Waals surface area contributed by atoms with Crippen LogP contribution in [0.4, 0.5) is 0 Å². The Morgan fingerprint density at radius 1 is 1.08 bits per heavy atom. The summed E-state index contributed by atoms with van der Waals surface area (Å²) in [4.78, 5) is 16.9. The molecular formula is C19H16N4O2S. The van der Waals surface area contributed by atoms with Crippen LogP contribution in [0.25, 0.3) is 17.1 Å². The Hall–Kier alpha value is -2.93. The van der Waals surface area contributed by atoms with Gasteiger partial charge in [0, 0.05) is 23.1 Å². The molecule has 0 atom stereocenters. The van der Waals surface area contributed by atoms with Crippen LogP contribution in [-0.2, 0) is 5.75 Å². The van der Waals surface area contributed by atoms with E-state index >= 15 is 0 Å². The minimum atomic E-state index is -0.0881. The number of aromatic nitrogens is 4. The molecule has 6 nitrogen and oxygen atoms in total. The number of hydrogen-bond acceptors (Lipinski definition) is 6. The van der Waals surface area contributed by atoms with Crippen molar-refractivity contribution in [3.8, 4) is 11.5 Å². The molecule has 0 aliphatic carbocycles. The largest absolute Gasteiger partial charge is 0.411 e. The van der Waals surface area contributed by atoms with Gasteiger partial charge in [-0.1, -0.05) is 36.0 Å². The standard InChI is InChI=1S/C19H16N4O2S/c1-12-6-3-4-8-15(12)18-21-22-19(25-18)26-11-14-10-17(24)23-13(2)7-5-9-16(23)20-14/h3-10H,11H2,1-2H3. The van der Waals surface area contributed by atoms with Gasteiger partial charge in [-0.15, -0.1) is 10.2 Å². The van der Waals surface area contributed by atoms with E-state index in [4.69, 9.17) is 4.42 Å². The number of aryl methyl sites for hydroxylation is 2. The van der Waals surface area contributed by atoms with Gasteiger partial charge in [0.15, 0.2) is 0 Å². The molecular weight excluding hydrogens is 348 g/mol. The fourth-order valence-electron chi connectivity index (χ4n) is 2.76. The summed E-state index contributed by atoms with van der Waals surface area (Å²) >= 11 is 1.37. The third-order valence-electron chi connectivity index (χ3n) is 4.06. The van der Waals surface area contributed by atoms with Crippen molar-refractivity contribution in [3.63, 3.8) is 0 Å². The quantitative estimate of drug-likeness (QED) is 0.515. The smallest absolute Gasteiger partial charge is 0.277 e. The summed E-state index contributed by atoms with van der Waals surface area (Å²) < 4.78 is 7.33. The molecule has 0 unspecified atom stereocenters. The van der Waals surface area contributed by atoms with Crippen LogP contribution in [0.5, 0.6) is 0 Å². The van der Waals surface area contributed by atoms with Crippen molar-refractivity contribution in [1.82, 2.24) is 19.6 Å². The van der Waals surface area contributed by atoms with Gasteiger partial charge >= 0.3 is 0 Å². The number of nitrogens with zero attached hydrogens (tertiary/aromatic N) is 4. The zero-order valence-electron chi connectivity index (χ0n) is 14.3. The number of rotatable bonds is 4. The molecule has 3 heterocycles. The van der Waals surface area contributed by atoms with Gasteiger partial charge in [0.2, 0.25) is 5.89 Å². The lowest BCUT2D eigenvalue weighted by Gasteiger charge is -2.05. The van der Waals surface area contributed by atoms with Gasteiger partial charge in [-0.25, -0.2) is 4.98 Å². The van der Waals surface area contributed by atoms with E-state index in [1.54, 1.807) is 10.5 Å². The lowest BCUT2D eigenvalue weighted by Crippen LogP contribution is -2.17. The monoisotopic (exact) mass is 364 g/mol. The molecule has 0 aliphatic heterocycles. The first kappa shape index (κ1) is 16.5. The van der Waals surface area contributed by atoms with E-state index in [2.05, 4.69) is 15.2 Å². The topological polar surface area (TPSA) is 73.3 Å². The van der Waals surface area contributed by atoms with Crippen molar-refractivity contribution in [3.05, 3.63) is 75.8 Å². The molecule has 0 spiro atoms. The number of thioether (sulfide) groups is 1. The van der Waals surface area contributed by atoms with Gasteiger partial charge in [-0.3, -0.25) is 9.20 Å². The van der Waals surface area contributed by atoms with Crippen molar-refractivity contribution in [2.45, 2.75) is 24.8 Å². The molecule has 26 heavy (non-hydrogen) atoms. The fourth-order valence-corrected chi connectivity index (χ4v) is 3.42. The summed E-state index contributed by atoms with van der Waals surface area (Å²) in [5.74, 6) is 0.975. The maximum absolute atomic E-state index is 12.3. The van der Waals surface area contributed by atoms with Gasteiger partial charge in [-0.05, 0) is 37.6 Å². The van der Waals surface area contributed by atoms with E-state index in [1.807, 2.05) is 56.3 Å². The summed E-state index contributed by atoms with van der Waals surface area (Å²) in [6, 6.07) is 15.0. The van der Waals surface area contributed by atoms with Gasteiger partial charge in [0.25, 0.3) is 10.8 Å². The van der Waals surface area contributed by atoms with Crippen LogP contribution < -0.4 is 5.56 Å². The van der Waals surface area contributed by atoms with Crippen LogP contribution in [0.2, 0.25) is 0 Å². The molecule has 0 radical (unpaired) electrons. The summed E-state index contributed by atoms with van der Waals surface area (Å²) in [5.41, 5.74) is 4.09. The lowest BCUT2D eigenvalue weighted by molar-refractivity contribution is 0.465. The van der Waals surface area contributed by atoms with Crippen molar-refractivity contribution in [2.75, 3.05) is 0 Å². The number of hydrogen-bond donors (Lipinski definition) is 0. The maximum Gasteiger partial charge on any atom is 0.277 e. The Bertz CT molecular complexity index is 1150. The molecule has 0 fully saturated rings. The molecule has 4 rings (SSSR count). The Kier molecular flexibility index (Phi) is 4.30. The van der Waals surface area contributed by atoms with E-state index in [0.29, 0.717) is 28.2 Å². The first-order chi connectivity index (χ1) is 12.6. The molecule has 0 bridgehead atoms. The van der Waals surface area contributed by atoms with Crippen molar-refractivity contribution in [1.29, 1.82) is 0 Å². The molecule has 0 N–H and O–H groups in total. The van der Waals surface area contributed by atoms with Crippen LogP contribution in [0.15, 0.2) is 63.0 Å². The normalized spacial score (nSPS) is 11.2. The first-order valence-corrected chi connectivity index (χ1v) is 9.11. The summed E-state index contributed by atoms with van der Waals surface area (Å²) in [5, 5.41) is 8.65. The van der Waals surface area contributed by atoms with Crippen LogP contribution in [0.1, 0.15) is 17.0 Å². The molecule has 0 saturated carbocycles. The molecule has 3 aromatic heterocycles. The average molecular weight is 364 g/mol. The number of benzene rings is 1. The van der Waals surface area contributed by atoms with E-state index < -0.39 is 0 Å². The van der Waals surface area contributed by atoms with Crippen molar-refractivity contribution >= 4 is 17.4 Å². The van der Waals surface area contributed by atoms with Gasteiger partial charge < -0.3 is 4.42 Å². The SMILES string of the molecule is Cc1ccccc1-c1nnc(SCc2cc(=O)n3c(C)cccc3n2)o1. The number of pyridine rings is 1. The molecule has 130 valence electrons. The highest BCUT2D eigenvalue weighted by atomic mass is 32.2. The van der Waals surface area contributed by atoms with E-state index in [9.17, 15) is 4.79 Å². The zero-order chi connectivity index (χ0) is 18.1. The average Bonchev–Trinajstić information content (AvgIpc) is 3.09. The summed E-state index contributed by atoms with van der Waals surface area (Å²) in [7, 11) is 0. The lowest BCUT2D eigenvalue weighted by atomic mass is 10.1. The second-order valence-corrected chi connectivity index (χ2v) is 6.85.